The van der Waals surface area contributed by atoms with Crippen LogP contribution in [-0.4, -0.2) is 44.9 Å². The summed E-state index contributed by atoms with van der Waals surface area (Å²) in [7, 11) is -2.24. The van der Waals surface area contributed by atoms with E-state index in [1.165, 1.54) is 35.7 Å². The summed E-state index contributed by atoms with van der Waals surface area (Å²) in [6.45, 7) is 0.544. The SMILES string of the molecule is COc1cccc(C(=O)NCc2ccc(S(=O)(=O)N3CCC(Nc4ccccc4C(F)(F)F)CC3)s2)c1. The van der Waals surface area contributed by atoms with Gasteiger partial charge in [-0.3, -0.25) is 4.79 Å². The van der Waals surface area contributed by atoms with Crippen LogP contribution in [0.1, 0.15) is 33.6 Å². The summed E-state index contributed by atoms with van der Waals surface area (Å²) in [6, 6.07) is 14.9. The first kappa shape index (κ1) is 27.0. The molecule has 2 N–H and O–H groups in total. The number of anilines is 1. The molecule has 1 aromatic heterocycles. The fraction of sp³-hybridized carbons (Fsp3) is 0.320. The zero-order valence-corrected chi connectivity index (χ0v) is 21.5. The highest BCUT2D eigenvalue weighted by atomic mass is 32.2. The van der Waals surface area contributed by atoms with Crippen LogP contribution in [0.15, 0.2) is 64.9 Å². The van der Waals surface area contributed by atoms with Gasteiger partial charge in [0.15, 0.2) is 0 Å². The average Bonchev–Trinajstić information content (AvgIpc) is 3.37. The monoisotopic (exact) mass is 553 g/mol. The van der Waals surface area contributed by atoms with Crippen molar-refractivity contribution in [3.8, 4) is 5.75 Å². The third kappa shape index (κ3) is 6.43. The molecule has 2 aromatic carbocycles. The Kier molecular flexibility index (Phi) is 8.10. The molecule has 1 aliphatic rings. The summed E-state index contributed by atoms with van der Waals surface area (Å²) >= 11 is 1.08. The van der Waals surface area contributed by atoms with Crippen LogP contribution in [0.25, 0.3) is 0 Å². The number of rotatable bonds is 8. The van der Waals surface area contributed by atoms with Gasteiger partial charge in [-0.05, 0) is 55.3 Å². The average molecular weight is 554 g/mol. The van der Waals surface area contributed by atoms with Crippen molar-refractivity contribution in [2.24, 2.45) is 0 Å². The molecular formula is C25H26F3N3O4S2. The van der Waals surface area contributed by atoms with Gasteiger partial charge in [0.2, 0.25) is 0 Å². The number of alkyl halides is 3. The van der Waals surface area contributed by atoms with Crippen molar-refractivity contribution in [1.82, 2.24) is 9.62 Å². The van der Waals surface area contributed by atoms with Crippen molar-refractivity contribution in [3.05, 3.63) is 76.7 Å². The minimum absolute atomic E-state index is 0.00444. The van der Waals surface area contributed by atoms with Gasteiger partial charge in [-0.25, -0.2) is 8.42 Å². The number of nitrogens with one attached hydrogen (secondary N) is 2. The molecule has 0 bridgehead atoms. The van der Waals surface area contributed by atoms with Crippen LogP contribution in [0.4, 0.5) is 18.9 Å². The third-order valence-corrected chi connectivity index (χ3v) is 9.48. The van der Waals surface area contributed by atoms with Gasteiger partial charge in [-0.15, -0.1) is 11.3 Å². The quantitative estimate of drug-likeness (QED) is 0.411. The summed E-state index contributed by atoms with van der Waals surface area (Å²) in [5.41, 5.74) is -0.317. The van der Waals surface area contributed by atoms with Gasteiger partial charge in [-0.1, -0.05) is 18.2 Å². The molecule has 7 nitrogen and oxygen atoms in total. The summed E-state index contributed by atoms with van der Waals surface area (Å²) in [5.74, 6) is 0.249. The number of amides is 1. The Bertz CT molecular complexity index is 1350. The van der Waals surface area contributed by atoms with Gasteiger partial charge in [0, 0.05) is 35.3 Å². The van der Waals surface area contributed by atoms with Crippen LogP contribution in [0.5, 0.6) is 5.75 Å². The third-order valence-electron chi connectivity index (χ3n) is 6.03. The van der Waals surface area contributed by atoms with Crippen LogP contribution in [0.2, 0.25) is 0 Å². The lowest BCUT2D eigenvalue weighted by Gasteiger charge is -2.32. The highest BCUT2D eigenvalue weighted by Crippen LogP contribution is 2.36. The molecule has 1 aliphatic heterocycles. The molecule has 4 rings (SSSR count). The fourth-order valence-electron chi connectivity index (χ4n) is 4.07. The van der Waals surface area contributed by atoms with Crippen LogP contribution < -0.4 is 15.4 Å². The molecule has 37 heavy (non-hydrogen) atoms. The maximum Gasteiger partial charge on any atom is 0.418 e. The van der Waals surface area contributed by atoms with E-state index in [9.17, 15) is 26.4 Å². The van der Waals surface area contributed by atoms with E-state index in [1.54, 1.807) is 30.3 Å². The van der Waals surface area contributed by atoms with Gasteiger partial charge in [-0.2, -0.15) is 17.5 Å². The summed E-state index contributed by atoms with van der Waals surface area (Å²) in [6.07, 6.45) is -3.72. The Morgan fingerprint density at radius 1 is 1.08 bits per heavy atom. The van der Waals surface area contributed by atoms with Crippen LogP contribution >= 0.6 is 11.3 Å². The van der Waals surface area contributed by atoms with Crippen molar-refractivity contribution in [2.45, 2.75) is 35.8 Å². The minimum atomic E-state index is -4.47. The largest absolute Gasteiger partial charge is 0.497 e. The normalized spacial score (nSPS) is 15.4. The molecule has 0 unspecified atom stereocenters. The second kappa shape index (κ2) is 11.1. The van der Waals surface area contributed by atoms with Gasteiger partial charge >= 0.3 is 6.18 Å². The molecule has 0 radical (unpaired) electrons. The number of nitrogens with zero attached hydrogens (tertiary/aromatic N) is 1. The number of hydrogen-bond donors (Lipinski definition) is 2. The van der Waals surface area contributed by atoms with Gasteiger partial charge in [0.25, 0.3) is 15.9 Å². The maximum atomic E-state index is 13.3. The summed E-state index contributed by atoms with van der Waals surface area (Å²) < 4.78 is 72.7. The molecule has 0 aliphatic carbocycles. The topological polar surface area (TPSA) is 87.7 Å². The van der Waals surface area contributed by atoms with E-state index in [0.717, 1.165) is 17.4 Å². The zero-order valence-electron chi connectivity index (χ0n) is 19.9. The standard InChI is InChI=1S/C25H26F3N3O4S2/c1-35-19-6-4-5-17(15-19)24(32)29-16-20-9-10-23(36-20)37(33,34)31-13-11-18(12-14-31)30-22-8-3-2-7-21(22)25(26,27)28/h2-10,15,18,30H,11-14,16H2,1H3,(H,29,32). The van der Waals surface area contributed by atoms with E-state index >= 15 is 0 Å². The van der Waals surface area contributed by atoms with E-state index in [2.05, 4.69) is 10.6 Å². The van der Waals surface area contributed by atoms with Crippen LogP contribution in [0, 0.1) is 0 Å². The lowest BCUT2D eigenvalue weighted by Crippen LogP contribution is -2.42. The first-order valence-electron chi connectivity index (χ1n) is 11.5. The lowest BCUT2D eigenvalue weighted by atomic mass is 10.0. The second-order valence-electron chi connectivity index (χ2n) is 8.50. The molecule has 198 valence electrons. The van der Waals surface area contributed by atoms with Crippen molar-refractivity contribution in [2.75, 3.05) is 25.5 Å². The number of benzene rings is 2. The number of piperidine rings is 1. The molecule has 3 aromatic rings. The van der Waals surface area contributed by atoms with Crippen molar-refractivity contribution in [1.29, 1.82) is 0 Å². The second-order valence-corrected chi connectivity index (χ2v) is 11.8. The highest BCUT2D eigenvalue weighted by Gasteiger charge is 2.35. The molecule has 1 saturated heterocycles. The van der Waals surface area contributed by atoms with Gasteiger partial charge < -0.3 is 15.4 Å². The number of halogens is 3. The summed E-state index contributed by atoms with van der Waals surface area (Å²) in [4.78, 5) is 13.1. The number of carbonyl (C=O) groups is 1. The van der Waals surface area contributed by atoms with Gasteiger partial charge in [0.1, 0.15) is 9.96 Å². The first-order chi connectivity index (χ1) is 17.6. The lowest BCUT2D eigenvalue weighted by molar-refractivity contribution is -0.137. The van der Waals surface area contributed by atoms with E-state index < -0.39 is 21.8 Å². The Labute approximate surface area is 217 Å². The number of carbonyl (C=O) groups excluding carboxylic acids is 1. The molecule has 1 fully saturated rings. The van der Waals surface area contributed by atoms with Crippen molar-refractivity contribution in [3.63, 3.8) is 0 Å². The van der Waals surface area contributed by atoms with E-state index in [1.807, 2.05) is 0 Å². The predicted octanol–water partition coefficient (Wildman–Crippen LogP) is 4.97. The Morgan fingerprint density at radius 3 is 2.51 bits per heavy atom. The Balaban J connectivity index is 1.34. The molecule has 2 heterocycles. The van der Waals surface area contributed by atoms with Crippen molar-refractivity contribution >= 4 is 33.0 Å². The minimum Gasteiger partial charge on any atom is -0.497 e. The van der Waals surface area contributed by atoms with Crippen LogP contribution in [0.3, 0.4) is 0 Å². The Hall–Kier alpha value is -3.09. The molecular weight excluding hydrogens is 527 g/mol. The zero-order chi connectivity index (χ0) is 26.6. The molecule has 0 atom stereocenters. The Morgan fingerprint density at radius 2 is 1.81 bits per heavy atom. The fourth-order valence-corrected chi connectivity index (χ4v) is 6.99. The molecule has 0 spiro atoms. The maximum absolute atomic E-state index is 13.3. The van der Waals surface area contributed by atoms with E-state index in [-0.39, 0.29) is 41.5 Å². The molecule has 1 amide bonds. The van der Waals surface area contributed by atoms with Crippen LogP contribution in [-0.2, 0) is 22.7 Å². The smallest absolute Gasteiger partial charge is 0.418 e. The number of ether oxygens (including phenoxy) is 1. The van der Waals surface area contributed by atoms with E-state index in [0.29, 0.717) is 29.0 Å². The molecule has 12 heteroatoms. The van der Waals surface area contributed by atoms with E-state index in [4.69, 9.17) is 4.74 Å². The number of para-hydroxylation sites is 1. The number of thiophene rings is 1. The van der Waals surface area contributed by atoms with Gasteiger partial charge in [0.05, 0.1) is 19.2 Å². The highest BCUT2D eigenvalue weighted by molar-refractivity contribution is 7.91. The first-order valence-corrected chi connectivity index (χ1v) is 13.8. The summed E-state index contributed by atoms with van der Waals surface area (Å²) in [5, 5.41) is 5.71. The number of sulfonamides is 1. The molecule has 0 saturated carbocycles. The predicted molar refractivity (Wildman–Crippen MR) is 135 cm³/mol. The number of methoxy groups -OCH3 is 1. The number of hydrogen-bond acceptors (Lipinski definition) is 6. The van der Waals surface area contributed by atoms with Crippen molar-refractivity contribution < 1.29 is 31.1 Å².